The Morgan fingerprint density at radius 1 is 1.10 bits per heavy atom. The highest BCUT2D eigenvalue weighted by Crippen LogP contribution is 2.36. The number of rotatable bonds is 4. The Hall–Kier alpha value is -0.910. The van der Waals surface area contributed by atoms with Crippen LogP contribution >= 0.6 is 43.5 Å². The van der Waals surface area contributed by atoms with Crippen LogP contribution in [0.3, 0.4) is 0 Å². The highest BCUT2D eigenvalue weighted by molar-refractivity contribution is 9.11. The van der Waals surface area contributed by atoms with Crippen LogP contribution in [0.2, 0.25) is 5.02 Å². The Balaban J connectivity index is 2.16. The van der Waals surface area contributed by atoms with Crippen molar-refractivity contribution >= 4 is 49.1 Å². The van der Waals surface area contributed by atoms with Crippen LogP contribution in [0.15, 0.2) is 39.3 Å². The maximum absolute atomic E-state index is 6.11. The third-order valence-electron chi connectivity index (χ3n) is 2.67. The lowest BCUT2D eigenvalue weighted by atomic mass is 10.2. The summed E-state index contributed by atoms with van der Waals surface area (Å²) in [5, 5.41) is 0.591. The molecule has 2 N–H and O–H groups in total. The molecule has 6 heteroatoms. The molecule has 0 heterocycles. The molecule has 0 amide bonds. The number of benzene rings is 2. The Morgan fingerprint density at radius 3 is 2.40 bits per heavy atom. The van der Waals surface area contributed by atoms with Crippen molar-refractivity contribution in [2.45, 2.75) is 6.61 Å². The number of hydrogen-bond acceptors (Lipinski definition) is 3. The second kappa shape index (κ2) is 6.70. The number of halogens is 3. The molecule has 106 valence electrons. The predicted molar refractivity (Wildman–Crippen MR) is 88.6 cm³/mol. The molecule has 2 aromatic rings. The number of nitrogens with two attached hydrogens (primary N) is 1. The van der Waals surface area contributed by atoms with Crippen LogP contribution < -0.4 is 15.2 Å². The first kappa shape index (κ1) is 15.5. The van der Waals surface area contributed by atoms with Crippen LogP contribution in [-0.4, -0.2) is 7.11 Å². The lowest BCUT2D eigenvalue weighted by Crippen LogP contribution is -1.98. The van der Waals surface area contributed by atoms with Gasteiger partial charge in [-0.1, -0.05) is 17.7 Å². The van der Waals surface area contributed by atoms with E-state index in [1.165, 1.54) is 0 Å². The molecule has 0 aromatic heterocycles. The third kappa shape index (κ3) is 3.59. The van der Waals surface area contributed by atoms with Gasteiger partial charge in [0.2, 0.25) is 0 Å². The molecule has 20 heavy (non-hydrogen) atoms. The minimum atomic E-state index is 0.358. The normalized spacial score (nSPS) is 10.4. The largest absolute Gasteiger partial charge is 0.496 e. The van der Waals surface area contributed by atoms with Crippen molar-refractivity contribution in [1.82, 2.24) is 0 Å². The molecule has 2 rings (SSSR count). The lowest BCUT2D eigenvalue weighted by molar-refractivity contribution is 0.303. The van der Waals surface area contributed by atoms with Gasteiger partial charge in [0.05, 0.1) is 16.1 Å². The molecule has 0 aliphatic heterocycles. The first-order chi connectivity index (χ1) is 9.51. The van der Waals surface area contributed by atoms with Gasteiger partial charge in [-0.15, -0.1) is 0 Å². The van der Waals surface area contributed by atoms with Gasteiger partial charge in [-0.05, 0) is 56.1 Å². The van der Waals surface area contributed by atoms with Gasteiger partial charge in [-0.2, -0.15) is 0 Å². The van der Waals surface area contributed by atoms with E-state index in [0.29, 0.717) is 23.1 Å². The fourth-order valence-electron chi connectivity index (χ4n) is 1.61. The molecule has 0 aliphatic rings. The molecule has 2 aromatic carbocycles. The van der Waals surface area contributed by atoms with Gasteiger partial charge >= 0.3 is 0 Å². The summed E-state index contributed by atoms with van der Waals surface area (Å²) in [4.78, 5) is 0. The Bertz CT molecular complexity index is 635. The highest BCUT2D eigenvalue weighted by atomic mass is 79.9. The summed E-state index contributed by atoms with van der Waals surface area (Å²) in [7, 11) is 1.61. The van der Waals surface area contributed by atoms with Crippen molar-refractivity contribution < 1.29 is 9.47 Å². The Kier molecular flexibility index (Phi) is 5.18. The van der Waals surface area contributed by atoms with Crippen LogP contribution in [0.25, 0.3) is 0 Å². The van der Waals surface area contributed by atoms with Crippen molar-refractivity contribution in [2.24, 2.45) is 0 Å². The summed E-state index contributed by atoms with van der Waals surface area (Å²) in [6, 6.07) is 9.03. The van der Waals surface area contributed by atoms with E-state index in [1.54, 1.807) is 19.2 Å². The van der Waals surface area contributed by atoms with Crippen LogP contribution in [0.1, 0.15) is 5.56 Å². The molecule has 0 saturated carbocycles. The zero-order valence-electron chi connectivity index (χ0n) is 10.6. The number of nitrogen functional groups attached to an aromatic ring is 1. The fourth-order valence-corrected chi connectivity index (χ4v) is 2.78. The summed E-state index contributed by atoms with van der Waals surface area (Å²) in [5.74, 6) is 1.43. The van der Waals surface area contributed by atoms with Crippen LogP contribution in [0.5, 0.6) is 11.5 Å². The van der Waals surface area contributed by atoms with E-state index in [1.807, 2.05) is 18.2 Å². The summed E-state index contributed by atoms with van der Waals surface area (Å²) in [5.41, 5.74) is 7.16. The van der Waals surface area contributed by atoms with Crippen LogP contribution in [-0.2, 0) is 6.61 Å². The van der Waals surface area contributed by atoms with E-state index in [-0.39, 0.29) is 0 Å². The van der Waals surface area contributed by atoms with Crippen molar-refractivity contribution in [2.75, 3.05) is 12.8 Å². The fraction of sp³-hybridized carbons (Fsp3) is 0.143. The third-order valence-corrected chi connectivity index (χ3v) is 4.26. The van der Waals surface area contributed by atoms with Gasteiger partial charge in [0.15, 0.2) is 0 Å². The first-order valence-electron chi connectivity index (χ1n) is 5.71. The average Bonchev–Trinajstić information content (AvgIpc) is 2.41. The number of anilines is 1. The van der Waals surface area contributed by atoms with Crippen molar-refractivity contribution in [3.63, 3.8) is 0 Å². The summed E-state index contributed by atoms with van der Waals surface area (Å²) >= 11 is 13.0. The minimum Gasteiger partial charge on any atom is -0.496 e. The summed E-state index contributed by atoms with van der Waals surface area (Å²) in [6.45, 7) is 0.358. The lowest BCUT2D eigenvalue weighted by Gasteiger charge is -2.12. The molecule has 0 atom stereocenters. The van der Waals surface area contributed by atoms with E-state index in [4.69, 9.17) is 26.8 Å². The van der Waals surface area contributed by atoms with Gasteiger partial charge in [0.1, 0.15) is 18.1 Å². The van der Waals surface area contributed by atoms with Gasteiger partial charge in [-0.25, -0.2) is 0 Å². The quantitative estimate of drug-likeness (QED) is 0.704. The summed E-state index contributed by atoms with van der Waals surface area (Å²) < 4.78 is 12.6. The molecule has 0 saturated heterocycles. The average molecular weight is 422 g/mol. The van der Waals surface area contributed by atoms with E-state index in [0.717, 1.165) is 20.3 Å². The second-order valence-electron chi connectivity index (χ2n) is 4.06. The first-order valence-corrected chi connectivity index (χ1v) is 7.67. The van der Waals surface area contributed by atoms with Crippen molar-refractivity contribution in [3.8, 4) is 11.5 Å². The Labute approximate surface area is 139 Å². The number of methoxy groups -OCH3 is 1. The molecular weight excluding hydrogens is 409 g/mol. The Morgan fingerprint density at radius 2 is 1.75 bits per heavy atom. The zero-order chi connectivity index (χ0) is 14.7. The SMILES string of the molecule is COc1cc(Br)c(OCc2ccc(N)cc2Cl)cc1Br. The molecule has 0 radical (unpaired) electrons. The maximum atomic E-state index is 6.11. The predicted octanol–water partition coefficient (Wildman–Crippen LogP) is 5.03. The van der Waals surface area contributed by atoms with Crippen LogP contribution in [0.4, 0.5) is 5.69 Å². The molecule has 0 aliphatic carbocycles. The van der Waals surface area contributed by atoms with Gasteiger partial charge < -0.3 is 15.2 Å². The number of ether oxygens (including phenoxy) is 2. The summed E-state index contributed by atoms with van der Waals surface area (Å²) in [6.07, 6.45) is 0. The molecule has 0 unspecified atom stereocenters. The zero-order valence-corrected chi connectivity index (χ0v) is 14.5. The van der Waals surface area contributed by atoms with E-state index >= 15 is 0 Å². The monoisotopic (exact) mass is 419 g/mol. The maximum Gasteiger partial charge on any atom is 0.135 e. The minimum absolute atomic E-state index is 0.358. The molecule has 3 nitrogen and oxygen atoms in total. The topological polar surface area (TPSA) is 44.5 Å². The molecule has 0 fully saturated rings. The molecular formula is C14H12Br2ClNO2. The second-order valence-corrected chi connectivity index (χ2v) is 6.17. The molecule has 0 spiro atoms. The van der Waals surface area contributed by atoms with E-state index in [9.17, 15) is 0 Å². The number of hydrogen-bond donors (Lipinski definition) is 1. The van der Waals surface area contributed by atoms with Gasteiger partial charge in [0, 0.05) is 16.3 Å². The van der Waals surface area contributed by atoms with E-state index in [2.05, 4.69) is 31.9 Å². The highest BCUT2D eigenvalue weighted by Gasteiger charge is 2.09. The van der Waals surface area contributed by atoms with Crippen molar-refractivity contribution in [3.05, 3.63) is 49.9 Å². The van der Waals surface area contributed by atoms with Gasteiger partial charge in [0.25, 0.3) is 0 Å². The smallest absolute Gasteiger partial charge is 0.135 e. The van der Waals surface area contributed by atoms with Crippen molar-refractivity contribution in [1.29, 1.82) is 0 Å². The van der Waals surface area contributed by atoms with E-state index < -0.39 is 0 Å². The molecule has 0 bridgehead atoms. The standard InChI is InChI=1S/C14H12Br2ClNO2/c1-19-13-5-11(16)14(6-10(13)15)20-7-8-2-3-9(18)4-12(8)17/h2-6H,7,18H2,1H3. The van der Waals surface area contributed by atoms with Gasteiger partial charge in [-0.3, -0.25) is 0 Å². The van der Waals surface area contributed by atoms with Crippen LogP contribution in [0, 0.1) is 0 Å².